The fourth-order valence-electron chi connectivity index (χ4n) is 2.47. The van der Waals surface area contributed by atoms with Crippen molar-refractivity contribution in [3.8, 4) is 5.69 Å². The number of nitrogens with zero attached hydrogens (tertiary/aromatic N) is 3. The van der Waals surface area contributed by atoms with E-state index in [1.807, 2.05) is 0 Å². The Morgan fingerprint density at radius 2 is 1.93 bits per heavy atom. The summed E-state index contributed by atoms with van der Waals surface area (Å²) in [7, 11) is 0. The van der Waals surface area contributed by atoms with Gasteiger partial charge in [-0.3, -0.25) is 19.7 Å². The third kappa shape index (κ3) is 4.17. The van der Waals surface area contributed by atoms with Gasteiger partial charge in [-0.2, -0.15) is 5.10 Å². The van der Waals surface area contributed by atoms with Crippen molar-refractivity contribution in [1.29, 1.82) is 0 Å². The van der Waals surface area contributed by atoms with Crippen LogP contribution in [-0.4, -0.2) is 37.7 Å². The van der Waals surface area contributed by atoms with Crippen molar-refractivity contribution in [3.05, 3.63) is 62.1 Å². The number of carboxylic acids is 1. The third-order valence-corrected chi connectivity index (χ3v) is 3.85. The summed E-state index contributed by atoms with van der Waals surface area (Å²) in [6.45, 7) is 4.72. The summed E-state index contributed by atoms with van der Waals surface area (Å²) in [5.74, 6) is -2.63. The van der Waals surface area contributed by atoms with Crippen LogP contribution in [0.15, 0.2) is 35.1 Å². The van der Waals surface area contributed by atoms with Crippen molar-refractivity contribution in [3.63, 3.8) is 0 Å². The molecule has 0 saturated carbocycles. The average Bonchev–Trinajstić information content (AvgIpc) is 2.59. The number of aromatic nitrogens is 2. The minimum absolute atomic E-state index is 0.0766. The molecule has 0 radical (unpaired) electrons. The highest BCUT2D eigenvalue weighted by Crippen LogP contribution is 2.22. The van der Waals surface area contributed by atoms with Crippen molar-refractivity contribution in [2.75, 3.05) is 0 Å². The Morgan fingerprint density at radius 1 is 1.30 bits per heavy atom. The van der Waals surface area contributed by atoms with Crippen LogP contribution in [0, 0.1) is 23.0 Å². The Balaban J connectivity index is 2.54. The molecular weight excluding hydrogens is 356 g/mol. The number of hydrogen-bond acceptors (Lipinski definition) is 6. The number of rotatable bonds is 6. The maximum absolute atomic E-state index is 12.4. The quantitative estimate of drug-likeness (QED) is 0.572. The van der Waals surface area contributed by atoms with E-state index in [-0.39, 0.29) is 17.1 Å². The van der Waals surface area contributed by atoms with E-state index >= 15 is 0 Å². The van der Waals surface area contributed by atoms with E-state index in [4.69, 9.17) is 0 Å². The molecule has 0 aliphatic rings. The van der Waals surface area contributed by atoms with E-state index < -0.39 is 39.9 Å². The summed E-state index contributed by atoms with van der Waals surface area (Å²) >= 11 is 0. The lowest BCUT2D eigenvalue weighted by Gasteiger charge is -2.18. The van der Waals surface area contributed by atoms with E-state index in [1.165, 1.54) is 25.1 Å². The van der Waals surface area contributed by atoms with Gasteiger partial charge in [0.1, 0.15) is 11.7 Å². The molecule has 0 unspecified atom stereocenters. The smallest absolute Gasteiger partial charge is 0.326 e. The number of nitro benzene ring substituents is 1. The first-order chi connectivity index (χ1) is 12.6. The first kappa shape index (κ1) is 19.8. The van der Waals surface area contributed by atoms with Crippen LogP contribution >= 0.6 is 0 Å². The van der Waals surface area contributed by atoms with E-state index in [0.29, 0.717) is 0 Å². The van der Waals surface area contributed by atoms with Crippen molar-refractivity contribution >= 4 is 17.6 Å². The van der Waals surface area contributed by atoms with Crippen LogP contribution in [0.2, 0.25) is 0 Å². The van der Waals surface area contributed by atoms with Crippen molar-refractivity contribution in [2.45, 2.75) is 26.8 Å². The predicted molar refractivity (Wildman–Crippen MR) is 95.0 cm³/mol. The van der Waals surface area contributed by atoms with Gasteiger partial charge in [0, 0.05) is 17.8 Å². The predicted octanol–water partition coefficient (Wildman–Crippen LogP) is 1.29. The van der Waals surface area contributed by atoms with Crippen LogP contribution in [0.3, 0.4) is 0 Å². The number of benzene rings is 1. The highest BCUT2D eigenvalue weighted by atomic mass is 16.6. The summed E-state index contributed by atoms with van der Waals surface area (Å²) in [5, 5.41) is 26.6. The number of nitro groups is 1. The zero-order chi connectivity index (χ0) is 20.3. The number of carbonyl (C=O) groups is 2. The molecular formula is C17H18N4O6. The van der Waals surface area contributed by atoms with Gasteiger partial charge in [0.2, 0.25) is 5.43 Å². The highest BCUT2D eigenvalue weighted by Gasteiger charge is 2.26. The fraction of sp³-hybridized carbons (Fsp3) is 0.294. The van der Waals surface area contributed by atoms with Gasteiger partial charge >= 0.3 is 5.97 Å². The second-order valence-corrected chi connectivity index (χ2v) is 6.19. The Hall–Kier alpha value is -3.56. The molecule has 2 N–H and O–H groups in total. The molecule has 1 atom stereocenters. The number of carboxylic acid groups (broad SMARTS) is 1. The zero-order valence-electron chi connectivity index (χ0n) is 14.9. The average molecular weight is 374 g/mol. The molecule has 0 aliphatic carbocycles. The van der Waals surface area contributed by atoms with E-state index in [0.717, 1.165) is 10.7 Å². The summed E-state index contributed by atoms with van der Waals surface area (Å²) in [5.41, 5.74) is -1.16. The van der Waals surface area contributed by atoms with Crippen LogP contribution in [-0.2, 0) is 4.79 Å². The lowest BCUT2D eigenvalue weighted by atomic mass is 10.0. The molecule has 2 aromatic rings. The molecule has 0 saturated heterocycles. The van der Waals surface area contributed by atoms with Crippen LogP contribution in [0.25, 0.3) is 5.69 Å². The van der Waals surface area contributed by atoms with E-state index in [1.54, 1.807) is 19.9 Å². The van der Waals surface area contributed by atoms with Gasteiger partial charge in [0.15, 0.2) is 5.69 Å². The molecule has 1 heterocycles. The van der Waals surface area contributed by atoms with Gasteiger partial charge in [-0.05, 0) is 18.9 Å². The molecule has 27 heavy (non-hydrogen) atoms. The van der Waals surface area contributed by atoms with Crippen molar-refractivity contribution < 1.29 is 19.6 Å². The van der Waals surface area contributed by atoms with Gasteiger partial charge in [0.25, 0.3) is 11.6 Å². The lowest BCUT2D eigenvalue weighted by Crippen LogP contribution is -2.46. The van der Waals surface area contributed by atoms with E-state index in [2.05, 4.69) is 10.4 Å². The lowest BCUT2D eigenvalue weighted by molar-refractivity contribution is -0.384. The number of amides is 1. The standard InChI is InChI=1S/C17H18N4O6/c1-9(2)14(17(24)25)18-16(23)15-13(22)8-10(3)20(19-15)11-6-4-5-7-12(11)21(26)27/h4-9,14H,1-3H3,(H,18,23)(H,24,25)/t14-/m0/s1. The number of aryl methyl sites for hydroxylation is 1. The number of carbonyl (C=O) groups excluding carboxylic acids is 1. The fourth-order valence-corrected chi connectivity index (χ4v) is 2.47. The minimum Gasteiger partial charge on any atom is -0.480 e. The number of aliphatic carboxylic acids is 1. The number of nitrogens with one attached hydrogen (secondary N) is 1. The molecule has 142 valence electrons. The summed E-state index contributed by atoms with van der Waals surface area (Å²) in [4.78, 5) is 46.5. The van der Waals surface area contributed by atoms with Crippen molar-refractivity contribution in [2.24, 2.45) is 5.92 Å². The molecule has 0 aliphatic heterocycles. The normalized spacial score (nSPS) is 11.9. The maximum Gasteiger partial charge on any atom is 0.326 e. The molecule has 10 nitrogen and oxygen atoms in total. The summed E-state index contributed by atoms with van der Waals surface area (Å²) in [6, 6.07) is 5.64. The van der Waals surface area contributed by atoms with Crippen LogP contribution < -0.4 is 10.7 Å². The summed E-state index contributed by atoms with van der Waals surface area (Å²) in [6.07, 6.45) is 0. The first-order valence-electron chi connectivity index (χ1n) is 8.02. The number of hydrogen-bond donors (Lipinski definition) is 2. The minimum atomic E-state index is -1.25. The largest absolute Gasteiger partial charge is 0.480 e. The van der Waals surface area contributed by atoms with E-state index in [9.17, 15) is 29.6 Å². The Bertz CT molecular complexity index is 966. The van der Waals surface area contributed by atoms with Gasteiger partial charge in [-0.15, -0.1) is 0 Å². The Morgan fingerprint density at radius 3 is 2.48 bits per heavy atom. The Kier molecular flexibility index (Phi) is 5.69. The highest BCUT2D eigenvalue weighted by molar-refractivity contribution is 5.94. The SMILES string of the molecule is Cc1cc(=O)c(C(=O)N[C@H](C(=O)O)C(C)C)nn1-c1ccccc1[N+](=O)[O-]. The molecule has 0 fully saturated rings. The maximum atomic E-state index is 12.4. The van der Waals surface area contributed by atoms with Crippen LogP contribution in [0.5, 0.6) is 0 Å². The molecule has 0 spiro atoms. The monoisotopic (exact) mass is 374 g/mol. The molecule has 1 aromatic carbocycles. The second kappa shape index (κ2) is 7.77. The Labute approximate surface area is 153 Å². The van der Waals surface area contributed by atoms with Crippen molar-refractivity contribution in [1.82, 2.24) is 15.1 Å². The van der Waals surface area contributed by atoms with Gasteiger partial charge < -0.3 is 10.4 Å². The van der Waals surface area contributed by atoms with Gasteiger partial charge in [0.05, 0.1) is 4.92 Å². The van der Waals surface area contributed by atoms with Gasteiger partial charge in [-0.1, -0.05) is 26.0 Å². The first-order valence-corrected chi connectivity index (χ1v) is 8.02. The molecule has 1 amide bonds. The van der Waals surface area contributed by atoms with Crippen LogP contribution in [0.4, 0.5) is 5.69 Å². The third-order valence-electron chi connectivity index (χ3n) is 3.85. The topological polar surface area (TPSA) is 144 Å². The number of para-hydroxylation sites is 2. The second-order valence-electron chi connectivity index (χ2n) is 6.19. The molecule has 1 aromatic heterocycles. The molecule has 10 heteroatoms. The molecule has 0 bridgehead atoms. The zero-order valence-corrected chi connectivity index (χ0v) is 14.9. The van der Waals surface area contributed by atoms with Gasteiger partial charge in [-0.25, -0.2) is 9.48 Å². The van der Waals surface area contributed by atoms with Crippen LogP contribution in [0.1, 0.15) is 30.0 Å². The summed E-state index contributed by atoms with van der Waals surface area (Å²) < 4.78 is 1.11. The molecule has 2 rings (SSSR count).